The summed E-state index contributed by atoms with van der Waals surface area (Å²) >= 11 is 0. The Labute approximate surface area is 199 Å². The molecular formula is C23H39IN4O2. The summed E-state index contributed by atoms with van der Waals surface area (Å²) < 4.78 is 11.3. The molecule has 0 saturated carbocycles. The number of aliphatic imine (C=N–C) groups is 1. The van der Waals surface area contributed by atoms with E-state index in [2.05, 4.69) is 53.2 Å². The zero-order valence-corrected chi connectivity index (χ0v) is 21.1. The van der Waals surface area contributed by atoms with Gasteiger partial charge in [0.2, 0.25) is 0 Å². The van der Waals surface area contributed by atoms with Crippen molar-refractivity contribution >= 4 is 29.9 Å². The van der Waals surface area contributed by atoms with Crippen LogP contribution in [0.2, 0.25) is 0 Å². The molecule has 0 spiro atoms. The number of rotatable bonds is 7. The van der Waals surface area contributed by atoms with Crippen LogP contribution in [0.4, 0.5) is 0 Å². The first-order valence-electron chi connectivity index (χ1n) is 11.1. The molecule has 0 aromatic heterocycles. The van der Waals surface area contributed by atoms with E-state index in [1.807, 2.05) is 0 Å². The Balaban J connectivity index is 0.00000320. The molecule has 0 radical (unpaired) electrons. The number of methoxy groups -OCH3 is 1. The van der Waals surface area contributed by atoms with Crippen molar-refractivity contribution in [2.24, 2.45) is 10.9 Å². The van der Waals surface area contributed by atoms with Crippen LogP contribution in [0.25, 0.3) is 0 Å². The van der Waals surface area contributed by atoms with Crippen LogP contribution in [0.1, 0.15) is 37.0 Å². The molecule has 1 atom stereocenters. The molecule has 3 rings (SSSR count). The lowest BCUT2D eigenvalue weighted by Gasteiger charge is -2.36. The average molecular weight is 530 g/mol. The standard InChI is InChI=1S/C23H38N4O2.HI/c1-4-24-23(25-17-20-9-11-26(12-10-20)13-15-28-3)27-14-16-29-22(18-27)21-8-6-5-7-19(21)2;/h5-8,20,22H,4,9-18H2,1-3H3,(H,24,25);1H. The zero-order chi connectivity index (χ0) is 20.5. The molecule has 0 amide bonds. The summed E-state index contributed by atoms with van der Waals surface area (Å²) in [5.41, 5.74) is 2.58. The highest BCUT2D eigenvalue weighted by molar-refractivity contribution is 14.0. The molecule has 1 unspecified atom stereocenters. The van der Waals surface area contributed by atoms with E-state index in [-0.39, 0.29) is 30.1 Å². The third-order valence-corrected chi connectivity index (χ3v) is 6.05. The van der Waals surface area contributed by atoms with E-state index in [4.69, 9.17) is 14.5 Å². The minimum absolute atomic E-state index is 0. The third kappa shape index (κ3) is 7.35. The minimum atomic E-state index is 0. The Kier molecular flexibility index (Phi) is 11.4. The monoisotopic (exact) mass is 530 g/mol. The minimum Gasteiger partial charge on any atom is -0.383 e. The first-order chi connectivity index (χ1) is 14.2. The Morgan fingerprint density at radius 3 is 2.70 bits per heavy atom. The van der Waals surface area contributed by atoms with Gasteiger partial charge >= 0.3 is 0 Å². The van der Waals surface area contributed by atoms with Crippen LogP contribution in [0.5, 0.6) is 0 Å². The van der Waals surface area contributed by atoms with Gasteiger partial charge < -0.3 is 24.6 Å². The quantitative estimate of drug-likeness (QED) is 0.333. The van der Waals surface area contributed by atoms with Crippen molar-refractivity contribution < 1.29 is 9.47 Å². The molecule has 1 aromatic carbocycles. The van der Waals surface area contributed by atoms with Crippen molar-refractivity contribution in [2.75, 3.05) is 66.1 Å². The molecule has 6 nitrogen and oxygen atoms in total. The predicted octanol–water partition coefficient (Wildman–Crippen LogP) is 3.31. The van der Waals surface area contributed by atoms with Gasteiger partial charge in [0.05, 0.1) is 19.8 Å². The number of nitrogens with zero attached hydrogens (tertiary/aromatic N) is 3. The second-order valence-corrected chi connectivity index (χ2v) is 8.13. The summed E-state index contributed by atoms with van der Waals surface area (Å²) in [6.45, 7) is 12.8. The summed E-state index contributed by atoms with van der Waals surface area (Å²) in [7, 11) is 1.78. The van der Waals surface area contributed by atoms with E-state index < -0.39 is 0 Å². The summed E-state index contributed by atoms with van der Waals surface area (Å²) in [5.74, 6) is 1.71. The molecule has 170 valence electrons. The van der Waals surface area contributed by atoms with E-state index in [1.54, 1.807) is 7.11 Å². The maximum absolute atomic E-state index is 6.10. The van der Waals surface area contributed by atoms with Gasteiger partial charge in [-0.05, 0) is 56.8 Å². The van der Waals surface area contributed by atoms with Crippen LogP contribution in [0, 0.1) is 12.8 Å². The molecule has 2 aliphatic heterocycles. The summed E-state index contributed by atoms with van der Waals surface area (Å²) in [6, 6.07) is 8.54. The maximum Gasteiger partial charge on any atom is 0.194 e. The highest BCUT2D eigenvalue weighted by Crippen LogP contribution is 2.25. The Morgan fingerprint density at radius 2 is 2.00 bits per heavy atom. The summed E-state index contributed by atoms with van der Waals surface area (Å²) in [5, 5.41) is 3.51. The van der Waals surface area contributed by atoms with Crippen molar-refractivity contribution in [3.63, 3.8) is 0 Å². The molecule has 2 aliphatic rings. The topological polar surface area (TPSA) is 49.3 Å². The largest absolute Gasteiger partial charge is 0.383 e. The van der Waals surface area contributed by atoms with Gasteiger partial charge in [-0.3, -0.25) is 4.99 Å². The lowest BCUT2D eigenvalue weighted by Crippen LogP contribution is -2.48. The number of aryl methyl sites for hydroxylation is 1. The molecule has 1 N–H and O–H groups in total. The molecule has 0 bridgehead atoms. The Hall–Kier alpha value is -0.900. The van der Waals surface area contributed by atoms with Gasteiger partial charge in [-0.2, -0.15) is 0 Å². The Morgan fingerprint density at radius 1 is 1.23 bits per heavy atom. The van der Waals surface area contributed by atoms with E-state index >= 15 is 0 Å². The van der Waals surface area contributed by atoms with E-state index in [1.165, 1.54) is 24.0 Å². The second-order valence-electron chi connectivity index (χ2n) is 8.13. The number of hydrogen-bond donors (Lipinski definition) is 1. The first kappa shape index (κ1) is 25.4. The van der Waals surface area contributed by atoms with Crippen LogP contribution in [-0.4, -0.2) is 81.9 Å². The number of hydrogen-bond acceptors (Lipinski definition) is 4. The highest BCUT2D eigenvalue weighted by atomic mass is 127. The second kappa shape index (κ2) is 13.5. The molecule has 2 fully saturated rings. The van der Waals surface area contributed by atoms with E-state index in [9.17, 15) is 0 Å². The summed E-state index contributed by atoms with van der Waals surface area (Å²) in [6.07, 6.45) is 2.56. The lowest BCUT2D eigenvalue weighted by molar-refractivity contribution is -0.00837. The number of halogens is 1. The maximum atomic E-state index is 6.10. The molecular weight excluding hydrogens is 491 g/mol. The van der Waals surface area contributed by atoms with Crippen molar-refractivity contribution in [2.45, 2.75) is 32.8 Å². The number of morpholine rings is 1. The fraction of sp³-hybridized carbons (Fsp3) is 0.696. The van der Waals surface area contributed by atoms with E-state index in [0.717, 1.165) is 65.0 Å². The van der Waals surface area contributed by atoms with Gasteiger partial charge in [-0.15, -0.1) is 24.0 Å². The molecule has 2 heterocycles. The normalized spacial score (nSPS) is 21.4. The van der Waals surface area contributed by atoms with Gasteiger partial charge in [0.1, 0.15) is 6.10 Å². The fourth-order valence-electron chi connectivity index (χ4n) is 4.23. The van der Waals surface area contributed by atoms with Crippen molar-refractivity contribution in [3.05, 3.63) is 35.4 Å². The zero-order valence-electron chi connectivity index (χ0n) is 18.8. The van der Waals surface area contributed by atoms with Crippen molar-refractivity contribution in [1.29, 1.82) is 0 Å². The number of benzene rings is 1. The van der Waals surface area contributed by atoms with Crippen LogP contribution in [-0.2, 0) is 9.47 Å². The van der Waals surface area contributed by atoms with Gasteiger partial charge in [-0.1, -0.05) is 24.3 Å². The van der Waals surface area contributed by atoms with Gasteiger partial charge in [0, 0.05) is 33.3 Å². The van der Waals surface area contributed by atoms with Crippen LogP contribution in [0.15, 0.2) is 29.3 Å². The molecule has 0 aliphatic carbocycles. The van der Waals surface area contributed by atoms with Crippen molar-refractivity contribution in [3.8, 4) is 0 Å². The van der Waals surface area contributed by atoms with Crippen LogP contribution < -0.4 is 5.32 Å². The molecule has 1 aromatic rings. The number of ether oxygens (including phenoxy) is 2. The van der Waals surface area contributed by atoms with Gasteiger partial charge in [-0.25, -0.2) is 0 Å². The lowest BCUT2D eigenvalue weighted by atomic mass is 9.97. The number of nitrogens with one attached hydrogen (secondary N) is 1. The van der Waals surface area contributed by atoms with Gasteiger partial charge in [0.25, 0.3) is 0 Å². The molecule has 7 heteroatoms. The average Bonchev–Trinajstić information content (AvgIpc) is 2.76. The first-order valence-corrected chi connectivity index (χ1v) is 11.1. The molecule has 2 saturated heterocycles. The number of piperidine rings is 1. The Bertz CT molecular complexity index is 650. The fourth-order valence-corrected chi connectivity index (χ4v) is 4.23. The smallest absolute Gasteiger partial charge is 0.194 e. The predicted molar refractivity (Wildman–Crippen MR) is 134 cm³/mol. The van der Waals surface area contributed by atoms with Gasteiger partial charge in [0.15, 0.2) is 5.96 Å². The number of guanidine groups is 1. The third-order valence-electron chi connectivity index (χ3n) is 6.05. The van der Waals surface area contributed by atoms with Crippen LogP contribution >= 0.6 is 24.0 Å². The van der Waals surface area contributed by atoms with Crippen LogP contribution in [0.3, 0.4) is 0 Å². The number of likely N-dealkylation sites (tertiary alicyclic amines) is 1. The van der Waals surface area contributed by atoms with E-state index in [0.29, 0.717) is 5.92 Å². The summed E-state index contributed by atoms with van der Waals surface area (Å²) in [4.78, 5) is 9.91. The SMILES string of the molecule is CCNC(=NCC1CCN(CCOC)CC1)N1CCOC(c2ccccc2C)C1.I. The van der Waals surface area contributed by atoms with Crippen molar-refractivity contribution in [1.82, 2.24) is 15.1 Å². The molecule has 30 heavy (non-hydrogen) atoms. The highest BCUT2D eigenvalue weighted by Gasteiger charge is 2.25.